The largest absolute Gasteiger partial charge is 0.360 e. The zero-order valence-corrected chi connectivity index (χ0v) is 12.3. The molecule has 3 aromatic rings. The maximum absolute atomic E-state index is 12.5. The van der Waals surface area contributed by atoms with Crippen LogP contribution in [0.25, 0.3) is 10.9 Å². The van der Waals surface area contributed by atoms with Crippen LogP contribution in [0.4, 0.5) is 5.69 Å². The highest BCUT2D eigenvalue weighted by Gasteiger charge is 2.16. The van der Waals surface area contributed by atoms with Crippen molar-refractivity contribution in [2.24, 2.45) is 0 Å². The quantitative estimate of drug-likeness (QED) is 0.442. The lowest BCUT2D eigenvalue weighted by molar-refractivity contribution is -0.384. The van der Waals surface area contributed by atoms with E-state index in [-0.39, 0.29) is 11.5 Å². The average Bonchev–Trinajstić information content (AvgIpc) is 2.89. The summed E-state index contributed by atoms with van der Waals surface area (Å²) in [5.74, 6) is -0.128. The van der Waals surface area contributed by atoms with E-state index in [0.717, 1.165) is 4.47 Å². The summed E-state index contributed by atoms with van der Waals surface area (Å²) in [5.41, 5.74) is 1.62. The number of ketones is 1. The van der Waals surface area contributed by atoms with Crippen LogP contribution in [0.5, 0.6) is 0 Å². The van der Waals surface area contributed by atoms with E-state index in [0.29, 0.717) is 22.0 Å². The van der Waals surface area contributed by atoms with Crippen molar-refractivity contribution in [2.45, 2.75) is 0 Å². The molecule has 3 rings (SSSR count). The molecule has 0 radical (unpaired) electrons. The summed E-state index contributed by atoms with van der Waals surface area (Å²) in [4.78, 5) is 25.7. The van der Waals surface area contributed by atoms with Crippen molar-refractivity contribution >= 4 is 38.3 Å². The molecule has 1 heterocycles. The molecule has 5 nitrogen and oxygen atoms in total. The van der Waals surface area contributed by atoms with Crippen molar-refractivity contribution in [1.82, 2.24) is 4.98 Å². The Balaban J connectivity index is 2.09. The SMILES string of the molecule is O=C(c1cccc(Br)c1)c1c[nH]c2cc([N+](=O)[O-])ccc12. The molecule has 0 aliphatic carbocycles. The number of aromatic amines is 1. The minimum absolute atomic E-state index is 0.00851. The number of nitro benzene ring substituents is 1. The van der Waals surface area contributed by atoms with Crippen LogP contribution in [-0.4, -0.2) is 15.7 Å². The first kappa shape index (κ1) is 13.5. The van der Waals surface area contributed by atoms with Crippen LogP contribution < -0.4 is 0 Å². The smallest absolute Gasteiger partial charge is 0.271 e. The second kappa shape index (κ2) is 5.14. The van der Waals surface area contributed by atoms with E-state index in [1.54, 1.807) is 30.5 Å². The maximum Gasteiger partial charge on any atom is 0.271 e. The van der Waals surface area contributed by atoms with Crippen LogP contribution >= 0.6 is 15.9 Å². The number of fused-ring (bicyclic) bond motifs is 1. The van der Waals surface area contributed by atoms with Crippen LogP contribution in [0.3, 0.4) is 0 Å². The number of non-ortho nitro benzene ring substituents is 1. The van der Waals surface area contributed by atoms with Gasteiger partial charge < -0.3 is 4.98 Å². The molecule has 0 aliphatic rings. The molecule has 6 heteroatoms. The third-order valence-corrected chi connectivity index (χ3v) is 3.70. The number of halogens is 1. The summed E-state index contributed by atoms with van der Waals surface area (Å²) in [5, 5.41) is 11.4. The van der Waals surface area contributed by atoms with Crippen LogP contribution in [-0.2, 0) is 0 Å². The van der Waals surface area contributed by atoms with Gasteiger partial charge in [-0.05, 0) is 18.2 Å². The Morgan fingerprint density at radius 1 is 1.19 bits per heavy atom. The van der Waals surface area contributed by atoms with E-state index in [2.05, 4.69) is 20.9 Å². The average molecular weight is 345 g/mol. The number of rotatable bonds is 3. The molecule has 0 bridgehead atoms. The standard InChI is InChI=1S/C15H9BrN2O3/c16-10-3-1-2-9(6-10)15(19)13-8-17-14-7-11(18(20)21)4-5-12(13)14/h1-8,17H. The van der Waals surface area contributed by atoms with Gasteiger partial charge in [0, 0.05) is 39.3 Å². The van der Waals surface area contributed by atoms with Crippen molar-refractivity contribution in [2.75, 3.05) is 0 Å². The Kier molecular flexibility index (Phi) is 3.31. The monoisotopic (exact) mass is 344 g/mol. The number of aromatic nitrogens is 1. The van der Waals surface area contributed by atoms with Gasteiger partial charge in [0.25, 0.3) is 5.69 Å². The fourth-order valence-corrected chi connectivity index (χ4v) is 2.60. The molecule has 0 saturated heterocycles. The Morgan fingerprint density at radius 3 is 2.71 bits per heavy atom. The molecule has 21 heavy (non-hydrogen) atoms. The molecule has 0 unspecified atom stereocenters. The molecule has 2 aromatic carbocycles. The molecule has 0 saturated carbocycles. The van der Waals surface area contributed by atoms with E-state index in [1.165, 1.54) is 12.1 Å². The highest BCUT2D eigenvalue weighted by atomic mass is 79.9. The van der Waals surface area contributed by atoms with E-state index in [4.69, 9.17) is 0 Å². The summed E-state index contributed by atoms with van der Waals surface area (Å²) in [6.45, 7) is 0. The number of benzene rings is 2. The maximum atomic E-state index is 12.5. The zero-order valence-electron chi connectivity index (χ0n) is 10.7. The summed E-state index contributed by atoms with van der Waals surface area (Å²) in [6, 6.07) is 11.5. The summed E-state index contributed by atoms with van der Waals surface area (Å²) < 4.78 is 0.823. The first-order valence-electron chi connectivity index (χ1n) is 6.12. The molecule has 0 spiro atoms. The molecular weight excluding hydrogens is 336 g/mol. The normalized spacial score (nSPS) is 10.7. The van der Waals surface area contributed by atoms with Crippen molar-refractivity contribution in [1.29, 1.82) is 0 Å². The van der Waals surface area contributed by atoms with Crippen molar-refractivity contribution in [3.8, 4) is 0 Å². The Bertz CT molecular complexity index is 870. The molecular formula is C15H9BrN2O3. The number of hydrogen-bond donors (Lipinski definition) is 1. The van der Waals surface area contributed by atoms with Crippen LogP contribution in [0.2, 0.25) is 0 Å². The highest BCUT2D eigenvalue weighted by Crippen LogP contribution is 2.25. The van der Waals surface area contributed by atoms with Gasteiger partial charge in [-0.15, -0.1) is 0 Å². The predicted octanol–water partition coefficient (Wildman–Crippen LogP) is 4.07. The van der Waals surface area contributed by atoms with Gasteiger partial charge in [-0.3, -0.25) is 14.9 Å². The van der Waals surface area contributed by atoms with Crippen molar-refractivity contribution in [3.05, 3.63) is 74.4 Å². The highest BCUT2D eigenvalue weighted by molar-refractivity contribution is 9.10. The summed E-state index contributed by atoms with van der Waals surface area (Å²) in [6.07, 6.45) is 1.58. The minimum Gasteiger partial charge on any atom is -0.360 e. The number of hydrogen-bond acceptors (Lipinski definition) is 3. The van der Waals surface area contributed by atoms with E-state index in [1.807, 2.05) is 6.07 Å². The molecule has 0 aliphatic heterocycles. The summed E-state index contributed by atoms with van der Waals surface area (Å²) in [7, 11) is 0. The number of nitrogens with one attached hydrogen (secondary N) is 1. The van der Waals surface area contributed by atoms with Crippen LogP contribution in [0.1, 0.15) is 15.9 Å². The number of carbonyl (C=O) groups is 1. The van der Waals surface area contributed by atoms with Gasteiger partial charge in [0.05, 0.1) is 10.4 Å². The molecule has 0 amide bonds. The van der Waals surface area contributed by atoms with Crippen LogP contribution in [0.15, 0.2) is 53.1 Å². The number of nitrogens with zero attached hydrogens (tertiary/aromatic N) is 1. The third kappa shape index (κ3) is 2.45. The van der Waals surface area contributed by atoms with Crippen molar-refractivity contribution < 1.29 is 9.72 Å². The van der Waals surface area contributed by atoms with E-state index < -0.39 is 4.92 Å². The van der Waals surface area contributed by atoms with Gasteiger partial charge in [-0.25, -0.2) is 0 Å². The first-order valence-corrected chi connectivity index (χ1v) is 6.91. The lowest BCUT2D eigenvalue weighted by Gasteiger charge is -2.00. The topological polar surface area (TPSA) is 76.0 Å². The fourth-order valence-electron chi connectivity index (χ4n) is 2.20. The van der Waals surface area contributed by atoms with Gasteiger partial charge in [0.2, 0.25) is 0 Å². The number of carbonyl (C=O) groups excluding carboxylic acids is 1. The van der Waals surface area contributed by atoms with Crippen LogP contribution in [0, 0.1) is 10.1 Å². The van der Waals surface area contributed by atoms with E-state index in [9.17, 15) is 14.9 Å². The molecule has 1 aromatic heterocycles. The number of H-pyrrole nitrogens is 1. The van der Waals surface area contributed by atoms with Gasteiger partial charge in [-0.2, -0.15) is 0 Å². The lowest BCUT2D eigenvalue weighted by atomic mass is 10.0. The fraction of sp³-hybridized carbons (Fsp3) is 0. The second-order valence-corrected chi connectivity index (χ2v) is 5.44. The molecule has 104 valence electrons. The third-order valence-electron chi connectivity index (χ3n) is 3.21. The molecule has 0 atom stereocenters. The zero-order chi connectivity index (χ0) is 15.0. The Labute approximate surface area is 127 Å². The molecule has 0 fully saturated rings. The molecule has 1 N–H and O–H groups in total. The van der Waals surface area contributed by atoms with Gasteiger partial charge in [0.15, 0.2) is 5.78 Å². The number of nitro groups is 1. The van der Waals surface area contributed by atoms with E-state index >= 15 is 0 Å². The Morgan fingerprint density at radius 2 is 2.00 bits per heavy atom. The lowest BCUT2D eigenvalue weighted by Crippen LogP contribution is -2.00. The minimum atomic E-state index is -0.462. The first-order chi connectivity index (χ1) is 10.1. The van der Waals surface area contributed by atoms with Gasteiger partial charge in [-0.1, -0.05) is 28.1 Å². The van der Waals surface area contributed by atoms with Crippen molar-refractivity contribution in [3.63, 3.8) is 0 Å². The second-order valence-electron chi connectivity index (χ2n) is 4.53. The predicted molar refractivity (Wildman–Crippen MR) is 82.5 cm³/mol. The Hall–Kier alpha value is -2.47. The van der Waals surface area contributed by atoms with Gasteiger partial charge >= 0.3 is 0 Å². The summed E-state index contributed by atoms with van der Waals surface area (Å²) >= 11 is 3.33. The van der Waals surface area contributed by atoms with Gasteiger partial charge in [0.1, 0.15) is 0 Å².